The zero-order valence-electron chi connectivity index (χ0n) is 23.1. The molecular formula is C32H36O6. The number of carbonyl (C=O) groups excluding carboxylic acids is 3. The van der Waals surface area contributed by atoms with Crippen molar-refractivity contribution < 1.29 is 28.6 Å². The quantitative estimate of drug-likeness (QED) is 0.227. The standard InChI is InChI=1S/C32H36O6/c1-29(2,36-26(33)23-17-11-8-12-18-23)32(7,30(3,4)37-27(34)24-19-13-9-14-20-24)31(5,6)38-28(35)25-21-15-10-16-22-25/h8-22H,1-7H3. The summed E-state index contributed by atoms with van der Waals surface area (Å²) >= 11 is 0. The second-order valence-electron chi connectivity index (χ2n) is 10.9. The van der Waals surface area contributed by atoms with Crippen molar-refractivity contribution >= 4 is 17.9 Å². The van der Waals surface area contributed by atoms with E-state index in [4.69, 9.17) is 14.2 Å². The minimum absolute atomic E-state index is 0.376. The number of hydrogen-bond donors (Lipinski definition) is 0. The molecule has 0 atom stereocenters. The van der Waals surface area contributed by atoms with E-state index in [0.717, 1.165) is 0 Å². The van der Waals surface area contributed by atoms with E-state index in [1.54, 1.807) is 114 Å². The molecule has 0 saturated carbocycles. The van der Waals surface area contributed by atoms with Crippen LogP contribution in [0.3, 0.4) is 0 Å². The van der Waals surface area contributed by atoms with Gasteiger partial charge < -0.3 is 14.2 Å². The largest absolute Gasteiger partial charge is 0.455 e. The molecule has 0 amide bonds. The number of esters is 3. The van der Waals surface area contributed by atoms with Gasteiger partial charge in [0.15, 0.2) is 0 Å². The van der Waals surface area contributed by atoms with Gasteiger partial charge in [-0.1, -0.05) is 54.6 Å². The van der Waals surface area contributed by atoms with E-state index >= 15 is 0 Å². The van der Waals surface area contributed by atoms with Crippen LogP contribution in [0, 0.1) is 5.41 Å². The van der Waals surface area contributed by atoms with Crippen molar-refractivity contribution in [2.24, 2.45) is 5.41 Å². The normalized spacial score (nSPS) is 12.4. The van der Waals surface area contributed by atoms with Crippen LogP contribution in [0.1, 0.15) is 79.5 Å². The van der Waals surface area contributed by atoms with Gasteiger partial charge in [-0.05, 0) is 84.9 Å². The van der Waals surface area contributed by atoms with Crippen LogP contribution in [-0.4, -0.2) is 34.7 Å². The average molecular weight is 517 g/mol. The Morgan fingerprint density at radius 3 is 0.842 bits per heavy atom. The maximum absolute atomic E-state index is 13.2. The van der Waals surface area contributed by atoms with Crippen molar-refractivity contribution in [2.75, 3.05) is 0 Å². The number of hydrogen-bond acceptors (Lipinski definition) is 6. The summed E-state index contributed by atoms with van der Waals surface area (Å²) in [7, 11) is 0. The molecule has 0 heterocycles. The third-order valence-electron chi connectivity index (χ3n) is 7.68. The number of ether oxygens (including phenoxy) is 3. The first-order valence-electron chi connectivity index (χ1n) is 12.6. The monoisotopic (exact) mass is 516 g/mol. The Labute approximate surface area is 224 Å². The zero-order valence-corrected chi connectivity index (χ0v) is 23.1. The second kappa shape index (κ2) is 10.8. The summed E-state index contributed by atoms with van der Waals surface area (Å²) in [6, 6.07) is 25.9. The van der Waals surface area contributed by atoms with Crippen LogP contribution in [0.15, 0.2) is 91.0 Å². The van der Waals surface area contributed by atoms with Crippen molar-refractivity contribution in [3.8, 4) is 0 Å². The lowest BCUT2D eigenvalue weighted by molar-refractivity contribution is -0.236. The molecule has 3 rings (SSSR count). The lowest BCUT2D eigenvalue weighted by Gasteiger charge is -2.58. The Hall–Kier alpha value is -3.93. The van der Waals surface area contributed by atoms with Gasteiger partial charge in [0.25, 0.3) is 0 Å². The van der Waals surface area contributed by atoms with Crippen LogP contribution in [-0.2, 0) is 14.2 Å². The summed E-state index contributed by atoms with van der Waals surface area (Å²) in [5.74, 6) is -1.63. The summed E-state index contributed by atoms with van der Waals surface area (Å²) in [6.45, 7) is 12.2. The van der Waals surface area contributed by atoms with Gasteiger partial charge in [0.1, 0.15) is 16.8 Å². The van der Waals surface area contributed by atoms with Crippen molar-refractivity contribution in [3.63, 3.8) is 0 Å². The molecule has 0 unspecified atom stereocenters. The fourth-order valence-electron chi connectivity index (χ4n) is 5.08. The first-order chi connectivity index (χ1) is 17.7. The molecule has 0 N–H and O–H groups in total. The molecule has 0 radical (unpaired) electrons. The van der Waals surface area contributed by atoms with E-state index in [1.165, 1.54) is 0 Å². The van der Waals surface area contributed by atoms with Gasteiger partial charge in [-0.2, -0.15) is 0 Å². The molecular weight excluding hydrogens is 480 g/mol. The molecule has 0 aromatic heterocycles. The summed E-state index contributed by atoms with van der Waals surface area (Å²) < 4.78 is 18.3. The van der Waals surface area contributed by atoms with Crippen LogP contribution in [0.5, 0.6) is 0 Å². The lowest BCUT2D eigenvalue weighted by atomic mass is 9.56. The maximum Gasteiger partial charge on any atom is 0.338 e. The Kier molecular flexibility index (Phi) is 8.15. The maximum atomic E-state index is 13.2. The topological polar surface area (TPSA) is 78.9 Å². The molecule has 0 spiro atoms. The van der Waals surface area contributed by atoms with E-state index in [0.29, 0.717) is 16.7 Å². The van der Waals surface area contributed by atoms with E-state index in [1.807, 2.05) is 25.1 Å². The smallest absolute Gasteiger partial charge is 0.338 e. The highest BCUT2D eigenvalue weighted by atomic mass is 16.6. The minimum Gasteiger partial charge on any atom is -0.455 e. The van der Waals surface area contributed by atoms with Gasteiger partial charge in [0.2, 0.25) is 0 Å². The van der Waals surface area contributed by atoms with Crippen LogP contribution in [0.25, 0.3) is 0 Å². The van der Waals surface area contributed by atoms with Crippen LogP contribution < -0.4 is 0 Å². The van der Waals surface area contributed by atoms with E-state index in [2.05, 4.69) is 0 Å². The molecule has 3 aromatic rings. The first kappa shape index (κ1) is 28.6. The first-order valence-corrected chi connectivity index (χ1v) is 12.6. The number of rotatable bonds is 9. The SMILES string of the molecule is CC(C)(OC(=O)c1ccccc1)C(C)(C(C)(C)OC(=O)c1ccccc1)C(C)(C)OC(=O)c1ccccc1. The molecule has 0 aliphatic heterocycles. The predicted molar refractivity (Wildman–Crippen MR) is 146 cm³/mol. The van der Waals surface area contributed by atoms with Gasteiger partial charge >= 0.3 is 17.9 Å². The fourth-order valence-corrected chi connectivity index (χ4v) is 5.08. The van der Waals surface area contributed by atoms with E-state index < -0.39 is 40.1 Å². The van der Waals surface area contributed by atoms with E-state index in [9.17, 15) is 14.4 Å². The summed E-state index contributed by atoms with van der Waals surface area (Å²) in [6.07, 6.45) is 0. The molecule has 0 aliphatic carbocycles. The number of carbonyl (C=O) groups is 3. The molecule has 6 nitrogen and oxygen atoms in total. The third-order valence-corrected chi connectivity index (χ3v) is 7.68. The van der Waals surface area contributed by atoms with Crippen LogP contribution in [0.2, 0.25) is 0 Å². The van der Waals surface area contributed by atoms with Gasteiger partial charge in [-0.25, -0.2) is 14.4 Å². The summed E-state index contributed by atoms with van der Waals surface area (Å²) in [5, 5.41) is 0. The van der Waals surface area contributed by atoms with Crippen molar-refractivity contribution in [2.45, 2.75) is 65.3 Å². The summed E-state index contributed by atoms with van der Waals surface area (Å²) in [5.41, 5.74) is -4.00. The molecule has 3 aromatic carbocycles. The molecule has 200 valence electrons. The Morgan fingerprint density at radius 2 is 0.632 bits per heavy atom. The van der Waals surface area contributed by atoms with Crippen LogP contribution >= 0.6 is 0 Å². The predicted octanol–water partition coefficient (Wildman–Crippen LogP) is 6.90. The molecule has 38 heavy (non-hydrogen) atoms. The highest BCUT2D eigenvalue weighted by Gasteiger charge is 2.66. The summed E-state index contributed by atoms with van der Waals surface area (Å²) in [4.78, 5) is 39.6. The Bertz CT molecular complexity index is 1100. The second-order valence-corrected chi connectivity index (χ2v) is 10.9. The molecule has 0 aliphatic rings. The third kappa shape index (κ3) is 5.64. The molecule has 0 saturated heterocycles. The van der Waals surface area contributed by atoms with E-state index in [-0.39, 0.29) is 0 Å². The van der Waals surface area contributed by atoms with Crippen molar-refractivity contribution in [3.05, 3.63) is 108 Å². The fraction of sp³-hybridized carbons (Fsp3) is 0.344. The molecule has 0 bridgehead atoms. The van der Waals surface area contributed by atoms with Gasteiger partial charge in [-0.3, -0.25) is 0 Å². The van der Waals surface area contributed by atoms with Gasteiger partial charge in [0.05, 0.1) is 22.1 Å². The Morgan fingerprint density at radius 1 is 0.421 bits per heavy atom. The lowest BCUT2D eigenvalue weighted by Crippen LogP contribution is -2.68. The van der Waals surface area contributed by atoms with Crippen molar-refractivity contribution in [1.29, 1.82) is 0 Å². The Balaban J connectivity index is 2.06. The minimum atomic E-state index is -1.29. The highest BCUT2D eigenvalue weighted by Crippen LogP contribution is 2.54. The van der Waals surface area contributed by atoms with Gasteiger partial charge in [0, 0.05) is 0 Å². The average Bonchev–Trinajstić information content (AvgIpc) is 2.88. The highest BCUT2D eigenvalue weighted by molar-refractivity contribution is 5.91. The number of benzene rings is 3. The van der Waals surface area contributed by atoms with Crippen LogP contribution in [0.4, 0.5) is 0 Å². The van der Waals surface area contributed by atoms with Gasteiger partial charge in [-0.15, -0.1) is 0 Å². The zero-order chi connectivity index (χ0) is 28.2. The molecule has 6 heteroatoms. The molecule has 0 fully saturated rings. The van der Waals surface area contributed by atoms with Crippen molar-refractivity contribution in [1.82, 2.24) is 0 Å².